The zero-order valence-electron chi connectivity index (χ0n) is 19.6. The molecule has 1 saturated heterocycles. The van der Waals surface area contributed by atoms with E-state index in [1.807, 2.05) is 12.1 Å². The van der Waals surface area contributed by atoms with E-state index in [1.165, 1.54) is 12.0 Å². The number of carbonyl (C=O) groups excluding carboxylic acids is 1. The van der Waals surface area contributed by atoms with E-state index >= 15 is 0 Å². The number of hydrogen-bond acceptors (Lipinski definition) is 6. The van der Waals surface area contributed by atoms with Crippen LogP contribution >= 0.6 is 0 Å². The van der Waals surface area contributed by atoms with E-state index in [1.54, 1.807) is 0 Å². The second kappa shape index (κ2) is 9.87. The molecule has 2 aromatic rings. The number of esters is 1. The summed E-state index contributed by atoms with van der Waals surface area (Å²) in [5.74, 6) is 0.303. The molecule has 1 aromatic carbocycles. The predicted octanol–water partition coefficient (Wildman–Crippen LogP) is 4.55. The normalized spacial score (nSPS) is 17.2. The number of ether oxygens (including phenoxy) is 2. The third kappa shape index (κ3) is 4.44. The van der Waals surface area contributed by atoms with E-state index < -0.39 is 6.09 Å². The van der Waals surface area contributed by atoms with Gasteiger partial charge in [0.15, 0.2) is 0 Å². The molecule has 0 radical (unpaired) electrons. The van der Waals surface area contributed by atoms with Crippen LogP contribution in [0.4, 0.5) is 10.5 Å². The summed E-state index contributed by atoms with van der Waals surface area (Å²) in [7, 11) is 1.40. The molecule has 1 fully saturated rings. The molecular formula is C25H32N2O6. The van der Waals surface area contributed by atoms with Gasteiger partial charge in [0.25, 0.3) is 0 Å². The van der Waals surface area contributed by atoms with Crippen molar-refractivity contribution in [1.82, 2.24) is 4.90 Å². The van der Waals surface area contributed by atoms with Gasteiger partial charge >= 0.3 is 12.1 Å². The number of furan rings is 1. The molecule has 0 bridgehead atoms. The molecule has 1 amide bonds. The Labute approximate surface area is 193 Å². The maximum Gasteiger partial charge on any atom is 0.407 e. The quantitative estimate of drug-likeness (QED) is 0.637. The van der Waals surface area contributed by atoms with Crippen LogP contribution in [0.1, 0.15) is 54.8 Å². The lowest BCUT2D eigenvalue weighted by Gasteiger charge is -2.36. The third-order valence-electron chi connectivity index (χ3n) is 6.73. The molecule has 0 spiro atoms. The van der Waals surface area contributed by atoms with E-state index in [-0.39, 0.29) is 5.97 Å². The summed E-state index contributed by atoms with van der Waals surface area (Å²) >= 11 is 0. The van der Waals surface area contributed by atoms with E-state index in [9.17, 15) is 14.7 Å². The lowest BCUT2D eigenvalue weighted by molar-refractivity contribution is 0.0601. The maximum atomic E-state index is 13.0. The molecule has 3 heterocycles. The standard InChI is InChI=1S/C25H32N2O6/c1-4-18-20(27(5-2)17-8-12-32-13-9-17)15-22-19(23(18)24(28)31-3)14-21(33-22)16-6-10-26(11-7-16)25(29)30/h6,14-15,17H,4-5,7-13H2,1-3H3,(H,29,30). The molecule has 0 unspecified atom stereocenters. The van der Waals surface area contributed by atoms with Crippen molar-refractivity contribution in [3.63, 3.8) is 0 Å². The maximum absolute atomic E-state index is 13.0. The van der Waals surface area contributed by atoms with Gasteiger partial charge in [0.2, 0.25) is 0 Å². The number of methoxy groups -OCH3 is 1. The van der Waals surface area contributed by atoms with Crippen LogP contribution in [0.5, 0.6) is 0 Å². The fraction of sp³-hybridized carbons (Fsp3) is 0.520. The number of hydrogen-bond donors (Lipinski definition) is 1. The minimum atomic E-state index is -0.923. The highest BCUT2D eigenvalue weighted by molar-refractivity contribution is 6.07. The van der Waals surface area contributed by atoms with Crippen LogP contribution in [-0.4, -0.2) is 68.1 Å². The van der Waals surface area contributed by atoms with Crippen molar-refractivity contribution in [2.24, 2.45) is 0 Å². The second-order valence-corrected chi connectivity index (χ2v) is 8.45. The molecule has 8 heteroatoms. The average Bonchev–Trinajstić information content (AvgIpc) is 3.27. The van der Waals surface area contributed by atoms with Crippen LogP contribution in [-0.2, 0) is 15.9 Å². The number of nitrogens with zero attached hydrogens (tertiary/aromatic N) is 2. The fourth-order valence-electron chi connectivity index (χ4n) is 5.01. The first-order valence-electron chi connectivity index (χ1n) is 11.7. The Kier molecular flexibility index (Phi) is 6.93. The average molecular weight is 457 g/mol. The summed E-state index contributed by atoms with van der Waals surface area (Å²) in [6.07, 6.45) is 4.10. The molecule has 2 aliphatic rings. The number of carbonyl (C=O) groups is 2. The van der Waals surface area contributed by atoms with Gasteiger partial charge in [-0.1, -0.05) is 13.0 Å². The molecule has 0 saturated carbocycles. The molecule has 4 rings (SSSR count). The van der Waals surface area contributed by atoms with Crippen LogP contribution < -0.4 is 4.90 Å². The smallest absolute Gasteiger partial charge is 0.407 e. The van der Waals surface area contributed by atoms with E-state index in [4.69, 9.17) is 13.9 Å². The lowest BCUT2D eigenvalue weighted by Crippen LogP contribution is -2.40. The molecule has 178 valence electrons. The number of benzene rings is 1. The zero-order chi connectivity index (χ0) is 23.5. The summed E-state index contributed by atoms with van der Waals surface area (Å²) in [5, 5.41) is 9.95. The van der Waals surface area contributed by atoms with Crippen LogP contribution in [0.3, 0.4) is 0 Å². The Morgan fingerprint density at radius 1 is 1.24 bits per heavy atom. The molecule has 0 aliphatic carbocycles. The summed E-state index contributed by atoms with van der Waals surface area (Å²) in [4.78, 5) is 27.9. The van der Waals surface area contributed by atoms with Gasteiger partial charge in [-0.3, -0.25) is 0 Å². The number of anilines is 1. The Morgan fingerprint density at radius 3 is 2.58 bits per heavy atom. The van der Waals surface area contributed by atoms with Gasteiger partial charge in [0.1, 0.15) is 11.3 Å². The van der Waals surface area contributed by atoms with Crippen molar-refractivity contribution in [2.75, 3.05) is 44.9 Å². The van der Waals surface area contributed by atoms with Crippen molar-refractivity contribution in [1.29, 1.82) is 0 Å². The molecular weight excluding hydrogens is 424 g/mol. The Bertz CT molecular complexity index is 1070. The Hall–Kier alpha value is -3.00. The van der Waals surface area contributed by atoms with Crippen LogP contribution in [0.25, 0.3) is 16.5 Å². The number of rotatable bonds is 6. The van der Waals surface area contributed by atoms with Crippen LogP contribution in [0.2, 0.25) is 0 Å². The predicted molar refractivity (Wildman–Crippen MR) is 126 cm³/mol. The van der Waals surface area contributed by atoms with Gasteiger partial charge in [0.05, 0.1) is 12.7 Å². The molecule has 8 nitrogen and oxygen atoms in total. The highest BCUT2D eigenvalue weighted by Crippen LogP contribution is 2.38. The molecule has 2 aliphatic heterocycles. The first-order chi connectivity index (χ1) is 16.0. The van der Waals surface area contributed by atoms with Crippen LogP contribution in [0, 0.1) is 0 Å². The first kappa shape index (κ1) is 23.2. The molecule has 0 atom stereocenters. The fourth-order valence-corrected chi connectivity index (χ4v) is 5.01. The number of amides is 1. The van der Waals surface area contributed by atoms with Gasteiger partial charge in [-0.25, -0.2) is 9.59 Å². The highest BCUT2D eigenvalue weighted by Gasteiger charge is 2.28. The van der Waals surface area contributed by atoms with Gasteiger partial charge in [-0.2, -0.15) is 0 Å². The Balaban J connectivity index is 1.83. The second-order valence-electron chi connectivity index (χ2n) is 8.45. The minimum Gasteiger partial charge on any atom is -0.465 e. The van der Waals surface area contributed by atoms with E-state index in [0.29, 0.717) is 48.9 Å². The number of carboxylic acid groups (broad SMARTS) is 1. The lowest BCUT2D eigenvalue weighted by atomic mass is 9.95. The summed E-state index contributed by atoms with van der Waals surface area (Å²) in [5.41, 5.74) is 4.12. The summed E-state index contributed by atoms with van der Waals surface area (Å²) < 4.78 is 17.0. The van der Waals surface area contributed by atoms with E-state index in [0.717, 1.165) is 54.8 Å². The van der Waals surface area contributed by atoms with Gasteiger partial charge in [-0.15, -0.1) is 0 Å². The van der Waals surface area contributed by atoms with Crippen molar-refractivity contribution >= 4 is 34.3 Å². The summed E-state index contributed by atoms with van der Waals surface area (Å²) in [6, 6.07) is 4.29. The topological polar surface area (TPSA) is 92.5 Å². The Morgan fingerprint density at radius 2 is 2.00 bits per heavy atom. The van der Waals surface area contributed by atoms with Crippen molar-refractivity contribution in [3.8, 4) is 0 Å². The number of fused-ring (bicyclic) bond motifs is 1. The van der Waals surface area contributed by atoms with Gasteiger partial charge < -0.3 is 28.8 Å². The molecule has 33 heavy (non-hydrogen) atoms. The molecule has 1 aromatic heterocycles. The highest BCUT2D eigenvalue weighted by atomic mass is 16.5. The zero-order valence-corrected chi connectivity index (χ0v) is 19.6. The van der Waals surface area contributed by atoms with Crippen molar-refractivity contribution in [3.05, 3.63) is 35.1 Å². The monoisotopic (exact) mass is 456 g/mol. The van der Waals surface area contributed by atoms with Crippen LogP contribution in [0.15, 0.2) is 22.6 Å². The minimum absolute atomic E-state index is 0.324. The largest absolute Gasteiger partial charge is 0.465 e. The SMILES string of the molecule is CCc1c(N(CC)C2CCOCC2)cc2oc(C3=CCN(C(=O)O)CC3)cc2c1C(=O)OC. The third-order valence-corrected chi connectivity index (χ3v) is 6.73. The summed E-state index contributed by atoms with van der Waals surface area (Å²) in [6.45, 7) is 7.21. The molecule has 1 N–H and O–H groups in total. The van der Waals surface area contributed by atoms with Crippen molar-refractivity contribution < 1.29 is 28.6 Å². The van der Waals surface area contributed by atoms with Gasteiger partial charge in [0, 0.05) is 56.0 Å². The van der Waals surface area contributed by atoms with Gasteiger partial charge in [-0.05, 0) is 49.8 Å². The van der Waals surface area contributed by atoms with Crippen molar-refractivity contribution in [2.45, 2.75) is 45.6 Å². The first-order valence-corrected chi connectivity index (χ1v) is 11.7. The van der Waals surface area contributed by atoms with E-state index in [2.05, 4.69) is 24.8 Å².